The summed E-state index contributed by atoms with van der Waals surface area (Å²) in [7, 11) is -3.59. The monoisotopic (exact) mass is 313 g/mol. The zero-order valence-corrected chi connectivity index (χ0v) is 12.8. The average Bonchev–Trinajstić information content (AvgIpc) is 2.78. The van der Waals surface area contributed by atoms with Crippen LogP contribution in [0.4, 0.5) is 5.69 Å². The Balaban J connectivity index is 2.23. The summed E-state index contributed by atoms with van der Waals surface area (Å²) in [5.41, 5.74) is 0.993. The molecule has 0 saturated carbocycles. The van der Waals surface area contributed by atoms with E-state index in [4.69, 9.17) is 4.74 Å². The third kappa shape index (κ3) is 3.36. The summed E-state index contributed by atoms with van der Waals surface area (Å²) in [5, 5.41) is 9.25. The second-order valence-corrected chi connectivity index (χ2v) is 7.23. The number of hydrogen-bond acceptors (Lipinski definition) is 4. The molecule has 1 heterocycles. The minimum absolute atomic E-state index is 0.0437. The van der Waals surface area contributed by atoms with Gasteiger partial charge in [0.1, 0.15) is 5.92 Å². The van der Waals surface area contributed by atoms with Crippen molar-refractivity contribution in [3.05, 3.63) is 29.8 Å². The van der Waals surface area contributed by atoms with Crippen molar-refractivity contribution in [1.29, 1.82) is 0 Å². The molecule has 0 bridgehead atoms. The van der Waals surface area contributed by atoms with Gasteiger partial charge in [0.05, 0.1) is 30.7 Å². The Morgan fingerprint density at radius 2 is 2.10 bits per heavy atom. The molecule has 1 aliphatic rings. The van der Waals surface area contributed by atoms with Crippen LogP contribution in [-0.2, 0) is 19.6 Å². The predicted molar refractivity (Wildman–Crippen MR) is 79.0 cm³/mol. The Labute approximate surface area is 124 Å². The van der Waals surface area contributed by atoms with Gasteiger partial charge in [-0.2, -0.15) is 0 Å². The molecule has 2 rings (SSSR count). The van der Waals surface area contributed by atoms with Gasteiger partial charge in [0.15, 0.2) is 0 Å². The number of para-hydroxylation sites is 1. The number of fused-ring (bicyclic) bond motifs is 1. The molecule has 116 valence electrons. The van der Waals surface area contributed by atoms with Gasteiger partial charge in [0, 0.05) is 0 Å². The summed E-state index contributed by atoms with van der Waals surface area (Å²) in [6, 6.07) is 6.72. The summed E-state index contributed by atoms with van der Waals surface area (Å²) in [6.07, 6.45) is -0.0437. The molecule has 1 unspecified atom stereocenters. The van der Waals surface area contributed by atoms with Gasteiger partial charge in [-0.25, -0.2) is 8.42 Å². The van der Waals surface area contributed by atoms with Crippen molar-refractivity contribution < 1.29 is 23.1 Å². The van der Waals surface area contributed by atoms with E-state index in [1.807, 2.05) is 13.8 Å². The Bertz CT molecular complexity index is 626. The Morgan fingerprint density at radius 1 is 1.43 bits per heavy atom. The highest BCUT2D eigenvalue weighted by atomic mass is 32.2. The van der Waals surface area contributed by atoms with E-state index in [-0.39, 0.29) is 25.0 Å². The fourth-order valence-corrected chi connectivity index (χ4v) is 3.72. The molecular weight excluding hydrogens is 294 g/mol. The van der Waals surface area contributed by atoms with Gasteiger partial charge in [-0.1, -0.05) is 18.2 Å². The van der Waals surface area contributed by atoms with Crippen molar-refractivity contribution in [3.8, 4) is 0 Å². The third-order valence-corrected chi connectivity index (χ3v) is 5.06. The SMILES string of the molecule is CC(C)OCCS(=O)(=O)N1CC(C(=O)O)c2ccccc21. The Morgan fingerprint density at radius 3 is 2.71 bits per heavy atom. The quantitative estimate of drug-likeness (QED) is 0.859. The van der Waals surface area contributed by atoms with Gasteiger partial charge < -0.3 is 9.84 Å². The van der Waals surface area contributed by atoms with Gasteiger partial charge in [0.2, 0.25) is 10.0 Å². The maximum atomic E-state index is 12.4. The molecule has 1 N–H and O–H groups in total. The highest BCUT2D eigenvalue weighted by Crippen LogP contribution is 2.37. The largest absolute Gasteiger partial charge is 0.481 e. The molecule has 21 heavy (non-hydrogen) atoms. The fraction of sp³-hybridized carbons (Fsp3) is 0.500. The lowest BCUT2D eigenvalue weighted by Gasteiger charge is -2.20. The van der Waals surface area contributed by atoms with Crippen LogP contribution < -0.4 is 4.31 Å². The van der Waals surface area contributed by atoms with Crippen LogP contribution in [-0.4, -0.2) is 44.5 Å². The molecule has 0 spiro atoms. The number of hydrogen-bond donors (Lipinski definition) is 1. The van der Waals surface area contributed by atoms with Crippen molar-refractivity contribution in [3.63, 3.8) is 0 Å². The first kappa shape index (κ1) is 15.8. The van der Waals surface area contributed by atoms with Crippen LogP contribution in [0.25, 0.3) is 0 Å². The Hall–Kier alpha value is -1.60. The molecule has 1 atom stereocenters. The fourth-order valence-electron chi connectivity index (χ4n) is 2.35. The molecule has 6 nitrogen and oxygen atoms in total. The van der Waals surface area contributed by atoms with Crippen LogP contribution in [0.5, 0.6) is 0 Å². The molecule has 0 amide bonds. The van der Waals surface area contributed by atoms with E-state index in [9.17, 15) is 18.3 Å². The summed E-state index contributed by atoms with van der Waals surface area (Å²) < 4.78 is 31.3. The maximum Gasteiger partial charge on any atom is 0.312 e. The van der Waals surface area contributed by atoms with E-state index >= 15 is 0 Å². The molecule has 1 aromatic rings. The average molecular weight is 313 g/mol. The van der Waals surface area contributed by atoms with Crippen LogP contribution >= 0.6 is 0 Å². The van der Waals surface area contributed by atoms with Crippen LogP contribution in [0.1, 0.15) is 25.3 Å². The minimum Gasteiger partial charge on any atom is -0.481 e. The number of aliphatic carboxylic acids is 1. The molecule has 1 aliphatic heterocycles. The standard InChI is InChI=1S/C14H19NO5S/c1-10(2)20-7-8-21(18,19)15-9-12(14(16)17)11-5-3-4-6-13(11)15/h3-6,10,12H,7-9H2,1-2H3,(H,16,17). The van der Waals surface area contributed by atoms with Gasteiger partial charge in [-0.05, 0) is 25.5 Å². The van der Waals surface area contributed by atoms with Crippen molar-refractivity contribution in [2.45, 2.75) is 25.9 Å². The summed E-state index contributed by atoms with van der Waals surface area (Å²) >= 11 is 0. The highest BCUT2D eigenvalue weighted by molar-refractivity contribution is 7.92. The molecule has 7 heteroatoms. The lowest BCUT2D eigenvalue weighted by Crippen LogP contribution is -2.34. The molecule has 0 fully saturated rings. The van der Waals surface area contributed by atoms with E-state index in [1.165, 1.54) is 4.31 Å². The number of benzene rings is 1. The first-order chi connectivity index (χ1) is 9.83. The Kier molecular flexibility index (Phi) is 4.53. The number of nitrogens with zero attached hydrogens (tertiary/aromatic N) is 1. The molecular formula is C14H19NO5S. The second-order valence-electron chi connectivity index (χ2n) is 5.22. The van der Waals surface area contributed by atoms with Crippen molar-refractivity contribution in [2.24, 2.45) is 0 Å². The van der Waals surface area contributed by atoms with E-state index < -0.39 is 21.9 Å². The topological polar surface area (TPSA) is 83.9 Å². The number of anilines is 1. The van der Waals surface area contributed by atoms with Crippen molar-refractivity contribution in [2.75, 3.05) is 23.2 Å². The molecule has 0 aromatic heterocycles. The van der Waals surface area contributed by atoms with Gasteiger partial charge in [0.25, 0.3) is 0 Å². The lowest BCUT2D eigenvalue weighted by molar-refractivity contribution is -0.138. The van der Waals surface area contributed by atoms with E-state index in [1.54, 1.807) is 24.3 Å². The highest BCUT2D eigenvalue weighted by Gasteiger charge is 2.38. The number of rotatable bonds is 6. The number of ether oxygens (including phenoxy) is 1. The second kappa shape index (κ2) is 6.03. The number of carboxylic acids is 1. The zero-order chi connectivity index (χ0) is 15.6. The normalized spacial score (nSPS) is 18.0. The predicted octanol–water partition coefficient (Wildman–Crippen LogP) is 1.43. The summed E-state index contributed by atoms with van der Waals surface area (Å²) in [6.45, 7) is 3.70. The first-order valence-corrected chi connectivity index (χ1v) is 8.37. The van der Waals surface area contributed by atoms with E-state index in [0.29, 0.717) is 11.3 Å². The van der Waals surface area contributed by atoms with E-state index in [0.717, 1.165) is 0 Å². The van der Waals surface area contributed by atoms with Crippen molar-refractivity contribution in [1.82, 2.24) is 0 Å². The van der Waals surface area contributed by atoms with Crippen LogP contribution in [0.3, 0.4) is 0 Å². The van der Waals surface area contributed by atoms with Gasteiger partial charge in [-0.15, -0.1) is 0 Å². The molecule has 0 radical (unpaired) electrons. The van der Waals surface area contributed by atoms with Gasteiger partial charge in [-0.3, -0.25) is 9.10 Å². The van der Waals surface area contributed by atoms with Crippen molar-refractivity contribution >= 4 is 21.7 Å². The van der Waals surface area contributed by atoms with Crippen LogP contribution in [0.15, 0.2) is 24.3 Å². The number of carbonyl (C=O) groups is 1. The summed E-state index contributed by atoms with van der Waals surface area (Å²) in [5.74, 6) is -1.99. The third-order valence-electron chi connectivity index (χ3n) is 3.36. The smallest absolute Gasteiger partial charge is 0.312 e. The van der Waals surface area contributed by atoms with Crippen LogP contribution in [0.2, 0.25) is 0 Å². The molecule has 1 aromatic carbocycles. The summed E-state index contributed by atoms with van der Waals surface area (Å²) in [4.78, 5) is 11.3. The van der Waals surface area contributed by atoms with E-state index in [2.05, 4.69) is 0 Å². The first-order valence-electron chi connectivity index (χ1n) is 6.76. The minimum atomic E-state index is -3.59. The number of carboxylic acid groups (broad SMARTS) is 1. The number of sulfonamides is 1. The maximum absolute atomic E-state index is 12.4. The molecule has 0 aliphatic carbocycles. The lowest BCUT2D eigenvalue weighted by atomic mass is 10.0. The zero-order valence-electron chi connectivity index (χ0n) is 12.0. The molecule has 0 saturated heterocycles. The van der Waals surface area contributed by atoms with Crippen LogP contribution in [0, 0.1) is 0 Å². The van der Waals surface area contributed by atoms with Gasteiger partial charge >= 0.3 is 5.97 Å².